The van der Waals surface area contributed by atoms with Gasteiger partial charge in [-0.05, 0) is 66.4 Å². The van der Waals surface area contributed by atoms with Crippen LogP contribution in [0.1, 0.15) is 47.8 Å². The lowest BCUT2D eigenvalue weighted by molar-refractivity contribution is -0.137. The molecule has 3 aromatic rings. The highest BCUT2D eigenvalue weighted by molar-refractivity contribution is 5.79. The number of carbonyl (C=O) groups excluding carboxylic acids is 1. The van der Waals surface area contributed by atoms with Gasteiger partial charge in [-0.3, -0.25) is 4.79 Å². The summed E-state index contributed by atoms with van der Waals surface area (Å²) in [6, 6.07) is 10.9. The lowest BCUT2D eigenvalue weighted by Gasteiger charge is -2.34. The number of para-hydroxylation sites is 1. The summed E-state index contributed by atoms with van der Waals surface area (Å²) in [7, 11) is 0. The highest BCUT2D eigenvalue weighted by Gasteiger charge is 2.47. The van der Waals surface area contributed by atoms with E-state index in [0.29, 0.717) is 17.8 Å². The van der Waals surface area contributed by atoms with Crippen molar-refractivity contribution >= 4 is 5.91 Å². The van der Waals surface area contributed by atoms with E-state index in [9.17, 15) is 18.0 Å². The van der Waals surface area contributed by atoms with Crippen molar-refractivity contribution in [1.82, 2.24) is 25.1 Å². The van der Waals surface area contributed by atoms with E-state index in [1.54, 1.807) is 15.6 Å². The Morgan fingerprint density at radius 3 is 2.45 bits per heavy atom. The van der Waals surface area contributed by atoms with Crippen molar-refractivity contribution in [2.24, 2.45) is 0 Å². The van der Waals surface area contributed by atoms with Crippen LogP contribution in [0.3, 0.4) is 0 Å². The first kappa shape index (κ1) is 21.0. The van der Waals surface area contributed by atoms with E-state index in [1.807, 2.05) is 39.0 Å². The molecular weight excluding hydrogens is 407 g/mol. The van der Waals surface area contributed by atoms with Crippen molar-refractivity contribution in [3.05, 3.63) is 70.5 Å². The molecular formula is C22H22F3N5O. The first-order chi connectivity index (χ1) is 14.6. The van der Waals surface area contributed by atoms with E-state index in [4.69, 9.17) is 0 Å². The summed E-state index contributed by atoms with van der Waals surface area (Å²) in [5.74, 6) is 0.346. The average molecular weight is 429 g/mol. The van der Waals surface area contributed by atoms with E-state index in [1.165, 1.54) is 6.07 Å². The predicted octanol–water partition coefficient (Wildman–Crippen LogP) is 4.34. The Hall–Kier alpha value is -3.23. The molecule has 162 valence electrons. The molecule has 0 bridgehead atoms. The SMILES string of the molecule is Cc1cccc(C)c1-n1nnnc1C1(C)CCC(=O)N1Cc1cccc(C(F)(F)F)c1. The third kappa shape index (κ3) is 3.68. The number of hydrogen-bond acceptors (Lipinski definition) is 4. The summed E-state index contributed by atoms with van der Waals surface area (Å²) in [6.07, 6.45) is -3.70. The number of halogens is 3. The molecule has 1 aliphatic rings. The van der Waals surface area contributed by atoms with Crippen LogP contribution in [-0.4, -0.2) is 31.0 Å². The highest BCUT2D eigenvalue weighted by Crippen LogP contribution is 2.40. The van der Waals surface area contributed by atoms with E-state index in [2.05, 4.69) is 15.5 Å². The fourth-order valence-corrected chi connectivity index (χ4v) is 4.23. The average Bonchev–Trinajstić information content (AvgIpc) is 3.29. The van der Waals surface area contributed by atoms with Gasteiger partial charge in [0.15, 0.2) is 5.82 Å². The number of carbonyl (C=O) groups is 1. The summed E-state index contributed by atoms with van der Waals surface area (Å²) < 4.78 is 41.1. The van der Waals surface area contributed by atoms with E-state index >= 15 is 0 Å². The zero-order valence-corrected chi connectivity index (χ0v) is 17.4. The Morgan fingerprint density at radius 2 is 1.77 bits per heavy atom. The number of aromatic nitrogens is 4. The maximum Gasteiger partial charge on any atom is 0.416 e. The third-order valence-electron chi connectivity index (χ3n) is 5.92. The Balaban J connectivity index is 1.75. The molecule has 0 N–H and O–H groups in total. The topological polar surface area (TPSA) is 63.9 Å². The second-order valence-electron chi connectivity index (χ2n) is 8.11. The third-order valence-corrected chi connectivity index (χ3v) is 5.92. The van der Waals surface area contributed by atoms with Gasteiger partial charge in [-0.1, -0.05) is 30.3 Å². The van der Waals surface area contributed by atoms with Crippen LogP contribution >= 0.6 is 0 Å². The first-order valence-corrected chi connectivity index (χ1v) is 9.93. The predicted molar refractivity (Wildman–Crippen MR) is 107 cm³/mol. The number of aryl methyl sites for hydroxylation is 2. The van der Waals surface area contributed by atoms with Gasteiger partial charge < -0.3 is 4.90 Å². The molecule has 1 fully saturated rings. The first-order valence-electron chi connectivity index (χ1n) is 9.93. The van der Waals surface area contributed by atoms with Crippen molar-refractivity contribution in [2.75, 3.05) is 0 Å². The van der Waals surface area contributed by atoms with E-state index in [-0.39, 0.29) is 18.9 Å². The fraction of sp³-hybridized carbons (Fsp3) is 0.364. The zero-order chi connectivity index (χ0) is 22.4. The summed E-state index contributed by atoms with van der Waals surface area (Å²) in [6.45, 7) is 5.81. The molecule has 1 atom stereocenters. The zero-order valence-electron chi connectivity index (χ0n) is 17.4. The second kappa shape index (κ2) is 7.47. The normalized spacial score (nSPS) is 19.3. The minimum absolute atomic E-state index is 0.0405. The molecule has 9 heteroatoms. The smallest absolute Gasteiger partial charge is 0.326 e. The van der Waals surface area contributed by atoms with E-state index in [0.717, 1.165) is 28.9 Å². The number of hydrogen-bond donors (Lipinski definition) is 0. The molecule has 6 nitrogen and oxygen atoms in total. The van der Waals surface area contributed by atoms with E-state index < -0.39 is 17.3 Å². The molecule has 1 aliphatic heterocycles. The largest absolute Gasteiger partial charge is 0.416 e. The minimum atomic E-state index is -4.44. The monoisotopic (exact) mass is 429 g/mol. The highest BCUT2D eigenvalue weighted by atomic mass is 19.4. The second-order valence-corrected chi connectivity index (χ2v) is 8.11. The summed E-state index contributed by atoms with van der Waals surface area (Å²) in [5.41, 5.74) is 1.60. The summed E-state index contributed by atoms with van der Waals surface area (Å²) >= 11 is 0. The number of alkyl halides is 3. The molecule has 1 saturated heterocycles. The van der Waals surface area contributed by atoms with Crippen molar-refractivity contribution in [3.63, 3.8) is 0 Å². The lowest BCUT2D eigenvalue weighted by atomic mass is 9.96. The van der Waals surface area contributed by atoms with Crippen molar-refractivity contribution in [1.29, 1.82) is 0 Å². The van der Waals surface area contributed by atoms with Gasteiger partial charge in [0.1, 0.15) is 5.54 Å². The van der Waals surface area contributed by atoms with Crippen LogP contribution in [0.5, 0.6) is 0 Å². The molecule has 31 heavy (non-hydrogen) atoms. The van der Waals surface area contributed by atoms with Crippen molar-refractivity contribution in [3.8, 4) is 5.69 Å². The van der Waals surface area contributed by atoms with Gasteiger partial charge in [0, 0.05) is 13.0 Å². The fourth-order valence-electron chi connectivity index (χ4n) is 4.23. The molecule has 2 heterocycles. The van der Waals surface area contributed by atoms with Crippen molar-refractivity contribution in [2.45, 2.75) is 51.9 Å². The summed E-state index contributed by atoms with van der Waals surface area (Å²) in [4.78, 5) is 14.4. The van der Waals surface area contributed by atoms with Gasteiger partial charge in [0.25, 0.3) is 0 Å². The summed E-state index contributed by atoms with van der Waals surface area (Å²) in [5, 5.41) is 12.3. The number of amides is 1. The van der Waals surface area contributed by atoms with Crippen LogP contribution < -0.4 is 0 Å². The minimum Gasteiger partial charge on any atom is -0.326 e. The lowest BCUT2D eigenvalue weighted by Crippen LogP contribution is -2.42. The molecule has 2 aromatic carbocycles. The standard InChI is InChI=1S/C22H22F3N5O/c1-14-6-4-7-15(2)19(14)30-20(26-27-28-30)21(3)11-10-18(31)29(21)13-16-8-5-9-17(12-16)22(23,24)25/h4-9,12H,10-11,13H2,1-3H3. The quantitative estimate of drug-likeness (QED) is 0.619. The van der Waals surface area contributed by atoms with Crippen LogP contribution in [0.15, 0.2) is 42.5 Å². The molecule has 0 aliphatic carbocycles. The Bertz CT molecular complexity index is 1120. The Labute approximate surface area is 177 Å². The maximum absolute atomic E-state index is 13.1. The molecule has 0 saturated carbocycles. The van der Waals surface area contributed by atoms with Crippen LogP contribution in [0.25, 0.3) is 5.69 Å². The molecule has 0 radical (unpaired) electrons. The van der Waals surface area contributed by atoms with Crippen LogP contribution in [-0.2, 0) is 23.1 Å². The van der Waals surface area contributed by atoms with Crippen molar-refractivity contribution < 1.29 is 18.0 Å². The Morgan fingerprint density at radius 1 is 1.10 bits per heavy atom. The molecule has 1 unspecified atom stereocenters. The maximum atomic E-state index is 13.1. The molecule has 0 spiro atoms. The Kier molecular flexibility index (Phi) is 5.07. The van der Waals surface area contributed by atoms with Gasteiger partial charge >= 0.3 is 6.18 Å². The molecule has 1 amide bonds. The number of tetrazole rings is 1. The van der Waals surface area contributed by atoms with Gasteiger partial charge in [0.05, 0.1) is 11.3 Å². The number of likely N-dealkylation sites (tertiary alicyclic amines) is 1. The molecule has 4 rings (SSSR count). The van der Waals surface area contributed by atoms with Gasteiger partial charge in [-0.15, -0.1) is 5.10 Å². The van der Waals surface area contributed by atoms with Crippen LogP contribution in [0.4, 0.5) is 13.2 Å². The number of benzene rings is 2. The molecule has 1 aromatic heterocycles. The van der Waals surface area contributed by atoms with Crippen LogP contribution in [0, 0.1) is 13.8 Å². The van der Waals surface area contributed by atoms with Crippen LogP contribution in [0.2, 0.25) is 0 Å². The van der Waals surface area contributed by atoms with Gasteiger partial charge in [-0.2, -0.15) is 17.9 Å². The van der Waals surface area contributed by atoms with Gasteiger partial charge in [0.2, 0.25) is 5.91 Å². The van der Waals surface area contributed by atoms with Gasteiger partial charge in [-0.25, -0.2) is 0 Å². The number of nitrogens with zero attached hydrogens (tertiary/aromatic N) is 5. The number of rotatable bonds is 4.